The van der Waals surface area contributed by atoms with Crippen LogP contribution < -0.4 is 10.2 Å². The summed E-state index contributed by atoms with van der Waals surface area (Å²) in [4.78, 5) is 2.38. The van der Waals surface area contributed by atoms with E-state index in [0.29, 0.717) is 0 Å². The molecule has 0 aliphatic carbocycles. The topological polar surface area (TPSA) is 39.1 Å². The number of nitrogens with zero attached hydrogens (tertiary/aromatic N) is 2. The number of benzene rings is 1. The zero-order valence-corrected chi connectivity index (χ0v) is 11.8. The average molecular weight is 257 g/mol. The molecular weight excluding hydrogens is 234 g/mol. The van der Waals surface area contributed by atoms with Gasteiger partial charge in [0.2, 0.25) is 0 Å². The fourth-order valence-electron chi connectivity index (χ4n) is 2.64. The van der Waals surface area contributed by atoms with Crippen molar-refractivity contribution >= 4 is 5.69 Å². The lowest BCUT2D eigenvalue weighted by Gasteiger charge is -2.24. The van der Waals surface area contributed by atoms with Crippen LogP contribution in [-0.4, -0.2) is 19.6 Å². The molecule has 0 amide bonds. The minimum Gasteiger partial charge on any atom is -0.370 e. The van der Waals surface area contributed by atoms with Crippen molar-refractivity contribution in [3.05, 3.63) is 29.3 Å². The number of hydrogen-bond donors (Lipinski definition) is 1. The van der Waals surface area contributed by atoms with Crippen LogP contribution in [0.25, 0.3) is 0 Å². The van der Waals surface area contributed by atoms with Gasteiger partial charge in [-0.3, -0.25) is 0 Å². The SMILES string of the molecule is CCNCc1ccc(N2CCCCCC2)c(C#N)c1. The summed E-state index contributed by atoms with van der Waals surface area (Å²) in [6.45, 7) is 6.06. The molecule has 1 N–H and O–H groups in total. The Kier molecular flexibility index (Phi) is 5.23. The van der Waals surface area contributed by atoms with E-state index < -0.39 is 0 Å². The highest BCUT2D eigenvalue weighted by Gasteiger charge is 2.13. The highest BCUT2D eigenvalue weighted by Crippen LogP contribution is 2.24. The largest absolute Gasteiger partial charge is 0.370 e. The molecule has 19 heavy (non-hydrogen) atoms. The molecule has 0 atom stereocenters. The van der Waals surface area contributed by atoms with Crippen LogP contribution in [0.5, 0.6) is 0 Å². The first-order valence-electron chi connectivity index (χ1n) is 7.34. The van der Waals surface area contributed by atoms with E-state index in [1.807, 2.05) is 6.07 Å². The summed E-state index contributed by atoms with van der Waals surface area (Å²) in [6.07, 6.45) is 5.11. The van der Waals surface area contributed by atoms with Gasteiger partial charge in [0.05, 0.1) is 11.3 Å². The Morgan fingerprint density at radius 2 is 1.95 bits per heavy atom. The summed E-state index contributed by atoms with van der Waals surface area (Å²) in [6, 6.07) is 8.66. The normalized spacial score (nSPS) is 15.9. The van der Waals surface area contributed by atoms with E-state index in [9.17, 15) is 5.26 Å². The van der Waals surface area contributed by atoms with Crippen LogP contribution in [0.1, 0.15) is 43.7 Å². The van der Waals surface area contributed by atoms with E-state index in [-0.39, 0.29) is 0 Å². The fourth-order valence-corrected chi connectivity index (χ4v) is 2.64. The van der Waals surface area contributed by atoms with Crippen molar-refractivity contribution < 1.29 is 0 Å². The van der Waals surface area contributed by atoms with Crippen LogP contribution in [0.4, 0.5) is 5.69 Å². The van der Waals surface area contributed by atoms with Crippen molar-refractivity contribution in [2.45, 2.75) is 39.2 Å². The van der Waals surface area contributed by atoms with E-state index in [0.717, 1.165) is 37.4 Å². The summed E-state index contributed by atoms with van der Waals surface area (Å²) in [5, 5.41) is 12.7. The van der Waals surface area contributed by atoms with Gasteiger partial charge in [0.25, 0.3) is 0 Å². The Morgan fingerprint density at radius 1 is 1.21 bits per heavy atom. The van der Waals surface area contributed by atoms with Gasteiger partial charge in [-0.1, -0.05) is 25.8 Å². The fraction of sp³-hybridized carbons (Fsp3) is 0.562. The lowest BCUT2D eigenvalue weighted by atomic mass is 10.1. The van der Waals surface area contributed by atoms with Gasteiger partial charge < -0.3 is 10.2 Å². The van der Waals surface area contributed by atoms with E-state index >= 15 is 0 Å². The molecule has 3 heteroatoms. The smallest absolute Gasteiger partial charge is 0.101 e. The van der Waals surface area contributed by atoms with Crippen molar-refractivity contribution in [3.63, 3.8) is 0 Å². The van der Waals surface area contributed by atoms with Crippen LogP contribution in [0.2, 0.25) is 0 Å². The van der Waals surface area contributed by atoms with Crippen molar-refractivity contribution in [1.29, 1.82) is 5.26 Å². The molecule has 2 rings (SSSR count). The predicted molar refractivity (Wildman–Crippen MR) is 79.2 cm³/mol. The van der Waals surface area contributed by atoms with Gasteiger partial charge in [0.15, 0.2) is 0 Å². The van der Waals surface area contributed by atoms with Gasteiger partial charge in [0, 0.05) is 19.6 Å². The lowest BCUT2D eigenvalue weighted by molar-refractivity contribution is 0.726. The highest BCUT2D eigenvalue weighted by atomic mass is 15.1. The number of nitriles is 1. The van der Waals surface area contributed by atoms with Crippen LogP contribution >= 0.6 is 0 Å². The standard InChI is InChI=1S/C16H23N3/c1-2-18-13-14-7-8-16(15(11-14)12-17)19-9-5-3-4-6-10-19/h7-8,11,18H,2-6,9-10,13H2,1H3. The third-order valence-electron chi connectivity index (χ3n) is 3.71. The Morgan fingerprint density at radius 3 is 2.58 bits per heavy atom. The van der Waals surface area contributed by atoms with Crippen LogP contribution in [-0.2, 0) is 6.54 Å². The minimum atomic E-state index is 0.817. The molecule has 0 spiro atoms. The second kappa shape index (κ2) is 7.16. The molecule has 0 bridgehead atoms. The maximum absolute atomic E-state index is 9.37. The monoisotopic (exact) mass is 257 g/mol. The molecule has 0 unspecified atom stereocenters. The molecular formula is C16H23N3. The molecule has 0 radical (unpaired) electrons. The molecule has 1 aromatic rings. The second-order valence-corrected chi connectivity index (χ2v) is 5.14. The summed E-state index contributed by atoms with van der Waals surface area (Å²) < 4.78 is 0. The Hall–Kier alpha value is -1.53. The van der Waals surface area contributed by atoms with Crippen LogP contribution in [0.3, 0.4) is 0 Å². The van der Waals surface area contributed by atoms with Crippen molar-refractivity contribution in [2.75, 3.05) is 24.5 Å². The Bertz CT molecular complexity index is 440. The number of nitrogens with one attached hydrogen (secondary N) is 1. The van der Waals surface area contributed by atoms with Gasteiger partial charge in [-0.25, -0.2) is 0 Å². The average Bonchev–Trinajstić information content (AvgIpc) is 2.73. The lowest BCUT2D eigenvalue weighted by Crippen LogP contribution is -2.24. The summed E-state index contributed by atoms with van der Waals surface area (Å²) >= 11 is 0. The first-order valence-corrected chi connectivity index (χ1v) is 7.34. The van der Waals surface area contributed by atoms with Gasteiger partial charge in [-0.05, 0) is 37.1 Å². The maximum Gasteiger partial charge on any atom is 0.101 e. The molecule has 1 aliphatic heterocycles. The Balaban J connectivity index is 2.17. The maximum atomic E-state index is 9.37. The zero-order valence-electron chi connectivity index (χ0n) is 11.8. The van der Waals surface area contributed by atoms with Gasteiger partial charge in [-0.15, -0.1) is 0 Å². The quantitative estimate of drug-likeness (QED) is 0.901. The predicted octanol–water partition coefficient (Wildman–Crippen LogP) is 3.05. The van der Waals surface area contributed by atoms with Crippen LogP contribution in [0.15, 0.2) is 18.2 Å². The molecule has 1 fully saturated rings. The third-order valence-corrected chi connectivity index (χ3v) is 3.71. The van der Waals surface area contributed by atoms with Gasteiger partial charge >= 0.3 is 0 Å². The second-order valence-electron chi connectivity index (χ2n) is 5.14. The first-order chi connectivity index (χ1) is 9.35. The molecule has 0 aromatic heterocycles. The van der Waals surface area contributed by atoms with E-state index in [2.05, 4.69) is 35.3 Å². The Labute approximate surface area is 116 Å². The molecule has 1 heterocycles. The molecule has 1 saturated heterocycles. The first kappa shape index (κ1) is 13.9. The third kappa shape index (κ3) is 3.71. The van der Waals surface area contributed by atoms with E-state index in [1.54, 1.807) is 0 Å². The van der Waals surface area contributed by atoms with E-state index in [1.165, 1.54) is 31.2 Å². The highest BCUT2D eigenvalue weighted by molar-refractivity contribution is 5.60. The summed E-state index contributed by atoms with van der Waals surface area (Å²) in [5.74, 6) is 0. The minimum absolute atomic E-state index is 0.817. The van der Waals surface area contributed by atoms with Crippen molar-refractivity contribution in [1.82, 2.24) is 5.32 Å². The molecule has 0 saturated carbocycles. The van der Waals surface area contributed by atoms with Gasteiger partial charge in [-0.2, -0.15) is 5.26 Å². The molecule has 3 nitrogen and oxygen atoms in total. The number of anilines is 1. The van der Waals surface area contributed by atoms with Gasteiger partial charge in [0.1, 0.15) is 6.07 Å². The summed E-state index contributed by atoms with van der Waals surface area (Å²) in [7, 11) is 0. The number of hydrogen-bond acceptors (Lipinski definition) is 3. The number of rotatable bonds is 4. The van der Waals surface area contributed by atoms with Crippen molar-refractivity contribution in [3.8, 4) is 6.07 Å². The summed E-state index contributed by atoms with van der Waals surface area (Å²) in [5.41, 5.74) is 3.12. The van der Waals surface area contributed by atoms with Crippen molar-refractivity contribution in [2.24, 2.45) is 0 Å². The molecule has 102 valence electrons. The molecule has 1 aromatic carbocycles. The van der Waals surface area contributed by atoms with Crippen LogP contribution in [0, 0.1) is 11.3 Å². The van der Waals surface area contributed by atoms with E-state index in [4.69, 9.17) is 0 Å². The molecule has 1 aliphatic rings. The zero-order chi connectivity index (χ0) is 13.5.